The molecule has 2 nitrogen and oxygen atoms in total. The minimum absolute atomic E-state index is 0. The van der Waals surface area contributed by atoms with Gasteiger partial charge in [0.25, 0.3) is 0 Å². The molecule has 0 N–H and O–H groups in total. The Bertz CT molecular complexity index is 253. The lowest BCUT2D eigenvalue weighted by atomic mass is 10.4. The number of nitrogens with zero attached hydrogens (tertiary/aromatic N) is 2. The van der Waals surface area contributed by atoms with Crippen LogP contribution in [0.25, 0.3) is 0 Å². The summed E-state index contributed by atoms with van der Waals surface area (Å²) in [6, 6.07) is 2.22. The molecule has 3 heteroatoms. The van der Waals surface area contributed by atoms with Gasteiger partial charge < -0.3 is 17.0 Å². The van der Waals surface area contributed by atoms with E-state index in [4.69, 9.17) is 0 Å². The summed E-state index contributed by atoms with van der Waals surface area (Å²) in [6.07, 6.45) is 1.20. The molecule has 0 saturated carbocycles. The molecule has 0 aromatic carbocycles. The van der Waals surface area contributed by atoms with Crippen molar-refractivity contribution < 1.29 is 21.7 Å². The number of rotatable bonds is 2. The van der Waals surface area contributed by atoms with E-state index in [0.29, 0.717) is 0 Å². The van der Waals surface area contributed by atoms with Crippen LogP contribution in [-0.2, 0) is 13.6 Å². The third kappa shape index (κ3) is 2.09. The fraction of sp³-hybridized carbons (Fsp3) is 0.667. The van der Waals surface area contributed by atoms with Crippen molar-refractivity contribution in [1.82, 2.24) is 4.68 Å². The Labute approximate surface area is 85.0 Å². The maximum atomic E-state index is 2.30. The van der Waals surface area contributed by atoms with Gasteiger partial charge in [-0.3, -0.25) is 0 Å². The van der Waals surface area contributed by atoms with Gasteiger partial charge in [0.2, 0.25) is 5.69 Å². The number of aryl methyl sites for hydroxylation is 2. The van der Waals surface area contributed by atoms with E-state index in [9.17, 15) is 0 Å². The topological polar surface area (TPSA) is 8.81 Å². The molecule has 1 rings (SSSR count). The van der Waals surface area contributed by atoms with Gasteiger partial charge in [0.05, 0.1) is 12.2 Å². The van der Waals surface area contributed by atoms with E-state index in [0.717, 1.165) is 6.54 Å². The first-order chi connectivity index (χ1) is 5.16. The van der Waals surface area contributed by atoms with Crippen LogP contribution in [0.2, 0.25) is 0 Å². The summed E-state index contributed by atoms with van der Waals surface area (Å²) in [6.45, 7) is 7.62. The minimum Gasteiger partial charge on any atom is -1.00 e. The van der Waals surface area contributed by atoms with Crippen LogP contribution < -0.4 is 21.7 Å². The summed E-state index contributed by atoms with van der Waals surface area (Å²) in [7, 11) is 2.11. The molecule has 0 saturated heterocycles. The van der Waals surface area contributed by atoms with Gasteiger partial charge in [0.15, 0.2) is 7.05 Å². The maximum absolute atomic E-state index is 2.30. The smallest absolute Gasteiger partial charge is 0.204 e. The molecule has 0 aliphatic heterocycles. The average Bonchev–Trinajstić information content (AvgIpc) is 2.17. The predicted molar refractivity (Wildman–Crippen MR) is 45.4 cm³/mol. The second-order valence-electron chi connectivity index (χ2n) is 3.07. The van der Waals surface area contributed by atoms with Gasteiger partial charge in [-0.15, -0.1) is 4.68 Å². The Balaban J connectivity index is 0.00000121. The van der Waals surface area contributed by atoms with Gasteiger partial charge in [-0.1, -0.05) is 6.92 Å². The van der Waals surface area contributed by atoms with E-state index in [1.807, 2.05) is 0 Å². The zero-order valence-electron chi connectivity index (χ0n) is 8.26. The molecule has 1 aromatic heterocycles. The first-order valence-corrected chi connectivity index (χ1v) is 4.20. The molecule has 0 aliphatic carbocycles. The highest BCUT2D eigenvalue weighted by molar-refractivity contribution is 5.01. The summed E-state index contributed by atoms with van der Waals surface area (Å²) in [5.74, 6) is 0. The fourth-order valence-electron chi connectivity index (χ4n) is 1.44. The minimum atomic E-state index is 0. The van der Waals surface area contributed by atoms with Crippen molar-refractivity contribution in [3.05, 3.63) is 17.5 Å². The standard InChI is InChI=1S/C9H17N2.BrH/c1-5-6-11-9(3)7-8(2)10(11)4;/h7H,5-6H2,1-4H3;1H/q+1;/p-1. The van der Waals surface area contributed by atoms with E-state index in [1.165, 1.54) is 17.8 Å². The lowest BCUT2D eigenvalue weighted by molar-refractivity contribution is -0.759. The van der Waals surface area contributed by atoms with Gasteiger partial charge in [0.1, 0.15) is 0 Å². The fourth-order valence-corrected chi connectivity index (χ4v) is 1.44. The van der Waals surface area contributed by atoms with Crippen molar-refractivity contribution in [2.24, 2.45) is 7.05 Å². The molecular weight excluding hydrogens is 216 g/mol. The molecule has 0 aliphatic rings. The lowest BCUT2D eigenvalue weighted by Gasteiger charge is -1.99. The van der Waals surface area contributed by atoms with Crippen LogP contribution in [-0.4, -0.2) is 4.68 Å². The van der Waals surface area contributed by atoms with Gasteiger partial charge >= 0.3 is 0 Å². The highest BCUT2D eigenvalue weighted by atomic mass is 79.9. The second-order valence-corrected chi connectivity index (χ2v) is 3.07. The molecule has 1 aromatic rings. The Morgan fingerprint density at radius 1 is 1.42 bits per heavy atom. The van der Waals surface area contributed by atoms with Gasteiger partial charge in [-0.2, -0.15) is 4.68 Å². The average molecular weight is 233 g/mol. The van der Waals surface area contributed by atoms with Crippen molar-refractivity contribution in [2.45, 2.75) is 33.7 Å². The molecule has 0 atom stereocenters. The molecule has 0 radical (unpaired) electrons. The molecule has 0 spiro atoms. The van der Waals surface area contributed by atoms with Crippen molar-refractivity contribution in [3.8, 4) is 0 Å². The van der Waals surface area contributed by atoms with Crippen molar-refractivity contribution >= 4 is 0 Å². The zero-order valence-corrected chi connectivity index (χ0v) is 9.85. The lowest BCUT2D eigenvalue weighted by Crippen LogP contribution is -3.00. The van der Waals surface area contributed by atoms with Crippen molar-refractivity contribution in [2.75, 3.05) is 0 Å². The summed E-state index contributed by atoms with van der Waals surface area (Å²) in [5, 5.41) is 0. The van der Waals surface area contributed by atoms with E-state index in [2.05, 4.69) is 43.2 Å². The van der Waals surface area contributed by atoms with Crippen LogP contribution in [0.5, 0.6) is 0 Å². The second kappa shape index (κ2) is 4.65. The zero-order chi connectivity index (χ0) is 8.43. The largest absolute Gasteiger partial charge is 1.00 e. The SMILES string of the molecule is CCCn1c(C)cc(C)[n+]1C.[Br-]. The first kappa shape index (κ1) is 11.7. The monoisotopic (exact) mass is 232 g/mol. The first-order valence-electron chi connectivity index (χ1n) is 4.20. The van der Waals surface area contributed by atoms with Crippen LogP contribution in [0.4, 0.5) is 0 Å². The van der Waals surface area contributed by atoms with Gasteiger partial charge in [0, 0.05) is 13.0 Å². The Kier molecular flexibility index (Phi) is 4.53. The number of hydrogen-bond acceptors (Lipinski definition) is 0. The highest BCUT2D eigenvalue weighted by Crippen LogP contribution is 1.99. The summed E-state index contributed by atoms with van der Waals surface area (Å²) >= 11 is 0. The molecule has 0 amide bonds. The molecule has 0 bridgehead atoms. The Morgan fingerprint density at radius 2 is 2.00 bits per heavy atom. The molecule has 0 unspecified atom stereocenters. The normalized spacial score (nSPS) is 9.67. The molecule has 70 valence electrons. The number of halogens is 1. The van der Waals surface area contributed by atoms with Crippen LogP contribution in [0.3, 0.4) is 0 Å². The summed E-state index contributed by atoms with van der Waals surface area (Å²) in [5.41, 5.74) is 2.68. The Morgan fingerprint density at radius 3 is 2.33 bits per heavy atom. The van der Waals surface area contributed by atoms with Crippen LogP contribution in [0.1, 0.15) is 24.7 Å². The van der Waals surface area contributed by atoms with Gasteiger partial charge in [-0.25, -0.2) is 0 Å². The Hall–Kier alpha value is -0.310. The third-order valence-corrected chi connectivity index (χ3v) is 2.13. The molecule has 0 fully saturated rings. The van der Waals surface area contributed by atoms with Crippen molar-refractivity contribution in [1.29, 1.82) is 0 Å². The van der Waals surface area contributed by atoms with Gasteiger partial charge in [-0.05, 0) is 13.3 Å². The molecule has 12 heavy (non-hydrogen) atoms. The predicted octanol–water partition coefficient (Wildman–Crippen LogP) is -1.66. The van der Waals surface area contributed by atoms with E-state index in [1.54, 1.807) is 0 Å². The van der Waals surface area contributed by atoms with Crippen molar-refractivity contribution in [3.63, 3.8) is 0 Å². The number of aromatic nitrogens is 2. The summed E-state index contributed by atoms with van der Waals surface area (Å²) in [4.78, 5) is 0. The summed E-state index contributed by atoms with van der Waals surface area (Å²) < 4.78 is 4.51. The highest BCUT2D eigenvalue weighted by Gasteiger charge is 2.10. The maximum Gasteiger partial charge on any atom is 0.204 e. The third-order valence-electron chi connectivity index (χ3n) is 2.13. The molecule has 1 heterocycles. The quantitative estimate of drug-likeness (QED) is 0.541. The number of hydrogen-bond donors (Lipinski definition) is 0. The van der Waals surface area contributed by atoms with E-state index in [-0.39, 0.29) is 17.0 Å². The van der Waals surface area contributed by atoms with E-state index < -0.39 is 0 Å². The molecular formula is C9H17BrN2. The van der Waals surface area contributed by atoms with Crippen LogP contribution in [0, 0.1) is 13.8 Å². The van der Waals surface area contributed by atoms with Crippen LogP contribution in [0.15, 0.2) is 6.07 Å². The van der Waals surface area contributed by atoms with Crippen LogP contribution >= 0.6 is 0 Å². The van der Waals surface area contributed by atoms with E-state index >= 15 is 0 Å².